The molecule has 7 nitrogen and oxygen atoms in total. The van der Waals surface area contributed by atoms with Crippen LogP contribution >= 0.6 is 0 Å². The summed E-state index contributed by atoms with van der Waals surface area (Å²) in [7, 11) is 3.17. The van der Waals surface area contributed by atoms with Gasteiger partial charge in [0.2, 0.25) is 6.41 Å². The lowest BCUT2D eigenvalue weighted by Gasteiger charge is -2.36. The van der Waals surface area contributed by atoms with Crippen molar-refractivity contribution < 1.29 is 27.4 Å². The maximum absolute atomic E-state index is 12.7. The molecule has 1 amide bonds. The van der Waals surface area contributed by atoms with Gasteiger partial charge in [-0.2, -0.15) is 18.3 Å². The molecule has 10 heteroatoms. The van der Waals surface area contributed by atoms with Crippen LogP contribution in [0.5, 0.6) is 11.5 Å². The fraction of sp³-hybridized carbons (Fsp3) is 0.462. The Balaban J connectivity index is 1.63. The van der Waals surface area contributed by atoms with Crippen LogP contribution in [-0.2, 0) is 11.2 Å². The van der Waals surface area contributed by atoms with Crippen LogP contribution in [0.4, 0.5) is 18.9 Å². The van der Waals surface area contributed by atoms with Crippen LogP contribution in [0.1, 0.15) is 30.0 Å². The molecule has 1 fully saturated rings. The van der Waals surface area contributed by atoms with Crippen LogP contribution in [0, 0.1) is 0 Å². The fourth-order valence-electron chi connectivity index (χ4n) is 4.81. The highest BCUT2D eigenvalue weighted by Gasteiger charge is 2.32. The number of carbonyl (C=O) groups excluding carboxylic acids is 1. The van der Waals surface area contributed by atoms with Crippen molar-refractivity contribution in [2.75, 3.05) is 51.8 Å². The Labute approximate surface area is 209 Å². The summed E-state index contributed by atoms with van der Waals surface area (Å²) in [6.07, 6.45) is -2.07. The van der Waals surface area contributed by atoms with Gasteiger partial charge in [-0.15, -0.1) is 0 Å². The second-order valence-corrected chi connectivity index (χ2v) is 8.99. The van der Waals surface area contributed by atoms with Crippen molar-refractivity contribution in [1.82, 2.24) is 9.91 Å². The van der Waals surface area contributed by atoms with Gasteiger partial charge in [0.05, 0.1) is 32.5 Å². The first-order chi connectivity index (χ1) is 17.3. The number of fused-ring (bicyclic) bond motifs is 1. The van der Waals surface area contributed by atoms with Gasteiger partial charge in [0, 0.05) is 43.0 Å². The van der Waals surface area contributed by atoms with E-state index in [0.29, 0.717) is 49.8 Å². The molecule has 2 heterocycles. The summed E-state index contributed by atoms with van der Waals surface area (Å²) >= 11 is 0. The number of benzene rings is 2. The smallest absolute Gasteiger partial charge is 0.401 e. The molecule has 2 aliphatic heterocycles. The SMILES string of the molecule is CCC1Cc2cc(OC)c(OC)cc2C(c2ccc(N3CCN(CC(F)(F)F)CC3)cc2)=NN1C=O. The maximum atomic E-state index is 12.7. The molecule has 0 N–H and O–H groups in total. The number of amides is 1. The Kier molecular flexibility index (Phi) is 7.73. The van der Waals surface area contributed by atoms with E-state index in [1.165, 1.54) is 9.91 Å². The number of piperazine rings is 1. The summed E-state index contributed by atoms with van der Waals surface area (Å²) in [6.45, 7) is 2.90. The van der Waals surface area contributed by atoms with E-state index in [9.17, 15) is 18.0 Å². The van der Waals surface area contributed by atoms with Gasteiger partial charge in [0.15, 0.2) is 11.5 Å². The molecule has 0 spiro atoms. The molecule has 0 radical (unpaired) electrons. The number of hydrazone groups is 1. The molecule has 0 saturated carbocycles. The lowest BCUT2D eigenvalue weighted by atomic mass is 9.93. The second-order valence-electron chi connectivity index (χ2n) is 8.99. The largest absolute Gasteiger partial charge is 0.493 e. The molecule has 0 aromatic heterocycles. The zero-order valence-electron chi connectivity index (χ0n) is 20.7. The molecule has 1 saturated heterocycles. The zero-order valence-corrected chi connectivity index (χ0v) is 20.7. The number of carbonyl (C=O) groups is 1. The summed E-state index contributed by atoms with van der Waals surface area (Å²) in [6, 6.07) is 11.5. The highest BCUT2D eigenvalue weighted by Crippen LogP contribution is 2.35. The number of ether oxygens (including phenoxy) is 2. The van der Waals surface area contributed by atoms with E-state index in [2.05, 4.69) is 4.90 Å². The van der Waals surface area contributed by atoms with Crippen molar-refractivity contribution >= 4 is 17.8 Å². The number of halogens is 3. The maximum Gasteiger partial charge on any atom is 0.401 e. The van der Waals surface area contributed by atoms with E-state index in [-0.39, 0.29) is 6.04 Å². The minimum Gasteiger partial charge on any atom is -0.493 e. The summed E-state index contributed by atoms with van der Waals surface area (Å²) < 4.78 is 49.1. The van der Waals surface area contributed by atoms with Gasteiger partial charge in [0.1, 0.15) is 0 Å². The van der Waals surface area contributed by atoms with Gasteiger partial charge in [-0.3, -0.25) is 9.69 Å². The van der Waals surface area contributed by atoms with Crippen molar-refractivity contribution in [3.63, 3.8) is 0 Å². The highest BCUT2D eigenvalue weighted by molar-refractivity contribution is 6.14. The van der Waals surface area contributed by atoms with Crippen LogP contribution in [0.3, 0.4) is 0 Å². The topological polar surface area (TPSA) is 57.6 Å². The van der Waals surface area contributed by atoms with Gasteiger partial charge >= 0.3 is 6.18 Å². The number of alkyl halides is 3. The second kappa shape index (κ2) is 10.8. The molecule has 1 atom stereocenters. The number of hydrogen-bond donors (Lipinski definition) is 0. The highest BCUT2D eigenvalue weighted by atomic mass is 19.4. The van der Waals surface area contributed by atoms with Gasteiger partial charge in [-0.1, -0.05) is 19.1 Å². The molecule has 4 rings (SSSR count). The number of methoxy groups -OCH3 is 2. The van der Waals surface area contributed by atoms with Gasteiger partial charge < -0.3 is 14.4 Å². The monoisotopic (exact) mass is 504 g/mol. The van der Waals surface area contributed by atoms with E-state index < -0.39 is 12.7 Å². The molecule has 0 aliphatic carbocycles. The average Bonchev–Trinajstić information content (AvgIpc) is 3.03. The summed E-state index contributed by atoms with van der Waals surface area (Å²) in [5, 5.41) is 6.21. The van der Waals surface area contributed by atoms with Gasteiger partial charge in [0.25, 0.3) is 0 Å². The summed E-state index contributed by atoms with van der Waals surface area (Å²) in [5.74, 6) is 1.19. The summed E-state index contributed by atoms with van der Waals surface area (Å²) in [5.41, 5.74) is 4.28. The molecular formula is C26H31F3N4O3. The first kappa shape index (κ1) is 25.8. The third kappa shape index (κ3) is 5.59. The van der Waals surface area contributed by atoms with Crippen molar-refractivity contribution in [2.24, 2.45) is 5.10 Å². The quantitative estimate of drug-likeness (QED) is 0.535. The van der Waals surface area contributed by atoms with Crippen molar-refractivity contribution in [1.29, 1.82) is 0 Å². The predicted molar refractivity (Wildman–Crippen MR) is 132 cm³/mol. The average molecular weight is 505 g/mol. The minimum atomic E-state index is -4.18. The number of anilines is 1. The lowest BCUT2D eigenvalue weighted by Crippen LogP contribution is -2.49. The zero-order chi connectivity index (χ0) is 25.9. The predicted octanol–water partition coefficient (Wildman–Crippen LogP) is 3.93. The van der Waals surface area contributed by atoms with Crippen LogP contribution in [0.15, 0.2) is 41.5 Å². The Bertz CT molecular complexity index is 1100. The van der Waals surface area contributed by atoms with E-state index in [1.54, 1.807) is 14.2 Å². The number of rotatable bonds is 7. The Morgan fingerprint density at radius 2 is 1.67 bits per heavy atom. The third-order valence-electron chi connectivity index (χ3n) is 6.77. The molecule has 0 bridgehead atoms. The van der Waals surface area contributed by atoms with Crippen molar-refractivity contribution in [3.05, 3.63) is 53.1 Å². The Hall–Kier alpha value is -3.27. The van der Waals surface area contributed by atoms with Gasteiger partial charge in [-0.05, 0) is 42.7 Å². The van der Waals surface area contributed by atoms with E-state index in [0.717, 1.165) is 35.2 Å². The molecule has 194 valence electrons. The first-order valence-corrected chi connectivity index (χ1v) is 12.0. The lowest BCUT2D eigenvalue weighted by molar-refractivity contribution is -0.146. The van der Waals surface area contributed by atoms with Crippen LogP contribution in [0.25, 0.3) is 0 Å². The van der Waals surface area contributed by atoms with E-state index >= 15 is 0 Å². The first-order valence-electron chi connectivity index (χ1n) is 12.0. The van der Waals surface area contributed by atoms with Gasteiger partial charge in [-0.25, -0.2) is 5.01 Å². The Morgan fingerprint density at radius 1 is 1.03 bits per heavy atom. The van der Waals surface area contributed by atoms with Crippen molar-refractivity contribution in [2.45, 2.75) is 32.0 Å². The standard InChI is InChI=1S/C26H31F3N4O3/c1-4-20-13-19-14-23(35-2)24(36-3)15-22(19)25(30-33(20)17-34)18-5-7-21(8-6-18)32-11-9-31(10-12-32)16-26(27,28)29/h5-8,14-15,17,20H,4,9-13,16H2,1-3H3. The summed E-state index contributed by atoms with van der Waals surface area (Å²) in [4.78, 5) is 15.4. The molecular weight excluding hydrogens is 473 g/mol. The third-order valence-corrected chi connectivity index (χ3v) is 6.77. The molecule has 36 heavy (non-hydrogen) atoms. The Morgan fingerprint density at radius 3 is 2.22 bits per heavy atom. The molecule has 2 aliphatic rings. The molecule has 1 unspecified atom stereocenters. The van der Waals surface area contributed by atoms with E-state index in [4.69, 9.17) is 14.6 Å². The van der Waals surface area contributed by atoms with E-state index in [1.807, 2.05) is 43.3 Å². The fourth-order valence-corrected chi connectivity index (χ4v) is 4.81. The molecule has 2 aromatic carbocycles. The van der Waals surface area contributed by atoms with Crippen LogP contribution in [-0.4, -0.2) is 81.2 Å². The molecule has 2 aromatic rings. The van der Waals surface area contributed by atoms with Crippen LogP contribution < -0.4 is 14.4 Å². The van der Waals surface area contributed by atoms with Crippen LogP contribution in [0.2, 0.25) is 0 Å². The number of nitrogens with zero attached hydrogens (tertiary/aromatic N) is 4. The van der Waals surface area contributed by atoms with Crippen molar-refractivity contribution in [3.8, 4) is 11.5 Å². The number of hydrogen-bond acceptors (Lipinski definition) is 6. The minimum absolute atomic E-state index is 0.0934. The normalized spacial score (nSPS) is 18.8.